The number of phenolic OH excluding ortho intramolecular Hbond substituents is 1. The van der Waals surface area contributed by atoms with Crippen LogP contribution in [-0.2, 0) is 11.0 Å². The Morgan fingerprint density at radius 1 is 1.03 bits per heavy atom. The number of hydrogen-bond donors (Lipinski definition) is 3. The summed E-state index contributed by atoms with van der Waals surface area (Å²) >= 11 is 0. The molecular formula is C23H15F3N4O4. The van der Waals surface area contributed by atoms with E-state index >= 15 is 0 Å². The number of halogens is 3. The molecule has 1 aliphatic heterocycles. The predicted molar refractivity (Wildman–Crippen MR) is 119 cm³/mol. The summed E-state index contributed by atoms with van der Waals surface area (Å²) in [6.45, 7) is 0. The standard InChI is InChI=1S/C23H15F3N4O4/c24-23(25,26)15-7-9-16(10-8-15)30-21(32)19(12-27-30)29-28-18-6-2-5-17(20(18)31)13-3-1-4-14(11-13)22(33)34/h1-12,28,31H,(H,33,34)/b29-19-. The van der Waals surface area contributed by atoms with E-state index in [1.807, 2.05) is 0 Å². The highest BCUT2D eigenvalue weighted by Crippen LogP contribution is 2.36. The number of hydrazone groups is 2. The Hall–Kier alpha value is -4.67. The number of anilines is 2. The number of rotatable bonds is 5. The van der Waals surface area contributed by atoms with Crippen molar-refractivity contribution in [1.29, 1.82) is 0 Å². The molecule has 3 N–H and O–H groups in total. The second-order valence-electron chi connectivity index (χ2n) is 7.10. The number of nitrogens with zero attached hydrogens (tertiary/aromatic N) is 3. The van der Waals surface area contributed by atoms with E-state index < -0.39 is 23.6 Å². The fraction of sp³-hybridized carbons (Fsp3) is 0.0435. The fourth-order valence-corrected chi connectivity index (χ4v) is 3.19. The van der Waals surface area contributed by atoms with Crippen molar-refractivity contribution >= 4 is 35.2 Å². The van der Waals surface area contributed by atoms with Crippen LogP contribution in [0.1, 0.15) is 15.9 Å². The SMILES string of the molecule is O=C(O)c1cccc(-c2cccc(N/N=C3/C=NN(c4ccc(C(F)(F)F)cc4)C3=O)c2O)c1. The molecule has 11 heteroatoms. The number of amides is 1. The van der Waals surface area contributed by atoms with Gasteiger partial charge in [0, 0.05) is 5.56 Å². The largest absolute Gasteiger partial charge is 0.505 e. The monoisotopic (exact) mass is 468 g/mol. The quantitative estimate of drug-likeness (QED) is 0.375. The van der Waals surface area contributed by atoms with Gasteiger partial charge < -0.3 is 10.2 Å². The van der Waals surface area contributed by atoms with E-state index in [2.05, 4.69) is 15.6 Å². The lowest BCUT2D eigenvalue weighted by Gasteiger charge is -2.13. The summed E-state index contributed by atoms with van der Waals surface area (Å²) in [4.78, 5) is 23.8. The third kappa shape index (κ3) is 4.44. The van der Waals surface area contributed by atoms with Gasteiger partial charge in [0.2, 0.25) is 0 Å². The molecule has 0 unspecified atom stereocenters. The van der Waals surface area contributed by atoms with Gasteiger partial charge in [-0.2, -0.15) is 28.4 Å². The highest BCUT2D eigenvalue weighted by Gasteiger charge is 2.31. The molecule has 8 nitrogen and oxygen atoms in total. The minimum Gasteiger partial charge on any atom is -0.505 e. The van der Waals surface area contributed by atoms with Gasteiger partial charge in [-0.15, -0.1) is 0 Å². The highest BCUT2D eigenvalue weighted by molar-refractivity contribution is 6.65. The van der Waals surface area contributed by atoms with E-state index in [9.17, 15) is 33.0 Å². The molecule has 0 saturated carbocycles. The van der Waals surface area contributed by atoms with Gasteiger partial charge in [0.25, 0.3) is 0 Å². The number of para-hydroxylation sites is 1. The highest BCUT2D eigenvalue weighted by atomic mass is 19.4. The summed E-state index contributed by atoms with van der Waals surface area (Å²) in [6.07, 6.45) is -3.37. The first kappa shape index (κ1) is 22.5. The van der Waals surface area contributed by atoms with Gasteiger partial charge in [0.15, 0.2) is 5.71 Å². The molecule has 0 atom stereocenters. The van der Waals surface area contributed by atoms with Gasteiger partial charge in [0.05, 0.1) is 28.7 Å². The zero-order chi connectivity index (χ0) is 24.5. The predicted octanol–water partition coefficient (Wildman–Crippen LogP) is 4.58. The lowest BCUT2D eigenvalue weighted by molar-refractivity contribution is -0.137. The van der Waals surface area contributed by atoms with Crippen LogP contribution >= 0.6 is 0 Å². The van der Waals surface area contributed by atoms with Crippen molar-refractivity contribution in [3.63, 3.8) is 0 Å². The zero-order valence-corrected chi connectivity index (χ0v) is 17.1. The molecule has 3 aromatic carbocycles. The van der Waals surface area contributed by atoms with Crippen molar-refractivity contribution in [3.8, 4) is 16.9 Å². The van der Waals surface area contributed by atoms with Crippen molar-refractivity contribution in [2.75, 3.05) is 10.4 Å². The van der Waals surface area contributed by atoms with Crippen LogP contribution < -0.4 is 10.4 Å². The van der Waals surface area contributed by atoms with Gasteiger partial charge >= 0.3 is 18.1 Å². The van der Waals surface area contributed by atoms with Crippen LogP contribution in [0.2, 0.25) is 0 Å². The third-order valence-electron chi connectivity index (χ3n) is 4.90. The van der Waals surface area contributed by atoms with E-state index in [4.69, 9.17) is 0 Å². The molecule has 1 amide bonds. The molecule has 0 bridgehead atoms. The zero-order valence-electron chi connectivity index (χ0n) is 17.1. The van der Waals surface area contributed by atoms with Gasteiger partial charge in [0.1, 0.15) is 5.75 Å². The van der Waals surface area contributed by atoms with Crippen molar-refractivity contribution in [1.82, 2.24) is 0 Å². The van der Waals surface area contributed by atoms with Crippen LogP contribution in [0, 0.1) is 0 Å². The molecule has 0 spiro atoms. The van der Waals surface area contributed by atoms with Crippen LogP contribution in [0.4, 0.5) is 24.5 Å². The lowest BCUT2D eigenvalue weighted by atomic mass is 10.0. The number of carbonyl (C=O) groups excluding carboxylic acids is 1. The van der Waals surface area contributed by atoms with Crippen molar-refractivity contribution in [2.24, 2.45) is 10.2 Å². The molecule has 1 heterocycles. The van der Waals surface area contributed by atoms with Crippen molar-refractivity contribution < 1.29 is 33.0 Å². The summed E-state index contributed by atoms with van der Waals surface area (Å²) in [7, 11) is 0. The Bertz CT molecular complexity index is 1330. The lowest BCUT2D eigenvalue weighted by Crippen LogP contribution is -2.26. The Morgan fingerprint density at radius 2 is 1.74 bits per heavy atom. The Kier molecular flexibility index (Phi) is 5.76. The molecular weight excluding hydrogens is 453 g/mol. The summed E-state index contributed by atoms with van der Waals surface area (Å²) in [5.41, 5.74) is 2.68. The number of nitrogens with one attached hydrogen (secondary N) is 1. The maximum absolute atomic E-state index is 12.7. The molecule has 0 saturated heterocycles. The van der Waals surface area contributed by atoms with E-state index in [0.717, 1.165) is 35.5 Å². The Labute approximate surface area is 190 Å². The van der Waals surface area contributed by atoms with Crippen LogP contribution in [0.15, 0.2) is 76.9 Å². The van der Waals surface area contributed by atoms with E-state index in [0.29, 0.717) is 11.1 Å². The maximum atomic E-state index is 12.7. The molecule has 0 fully saturated rings. The van der Waals surface area contributed by atoms with Crippen molar-refractivity contribution in [2.45, 2.75) is 6.18 Å². The molecule has 34 heavy (non-hydrogen) atoms. The molecule has 3 aromatic rings. The average Bonchev–Trinajstić information content (AvgIpc) is 3.18. The number of aromatic carboxylic acids is 1. The number of benzene rings is 3. The number of carbonyl (C=O) groups is 2. The number of carboxylic acids is 1. The van der Waals surface area contributed by atoms with Gasteiger partial charge in [-0.3, -0.25) is 10.2 Å². The average molecular weight is 468 g/mol. The minimum atomic E-state index is -4.50. The molecule has 4 rings (SSSR count). The number of carboxylic acid groups (broad SMARTS) is 1. The molecule has 172 valence electrons. The Morgan fingerprint density at radius 3 is 2.41 bits per heavy atom. The van der Waals surface area contributed by atoms with Crippen LogP contribution in [0.5, 0.6) is 5.75 Å². The summed E-state index contributed by atoms with van der Waals surface area (Å²) in [6, 6.07) is 14.6. The van der Waals surface area contributed by atoms with E-state index in [1.54, 1.807) is 24.3 Å². The first-order valence-electron chi connectivity index (χ1n) is 9.70. The summed E-state index contributed by atoms with van der Waals surface area (Å²) < 4.78 is 38.2. The van der Waals surface area contributed by atoms with Gasteiger partial charge in [-0.25, -0.2) is 4.79 Å². The number of phenols is 1. The van der Waals surface area contributed by atoms with E-state index in [1.165, 1.54) is 18.2 Å². The summed E-state index contributed by atoms with van der Waals surface area (Å²) in [5, 5.41) is 28.5. The Balaban J connectivity index is 1.53. The van der Waals surface area contributed by atoms with Crippen molar-refractivity contribution in [3.05, 3.63) is 77.9 Å². The van der Waals surface area contributed by atoms with Gasteiger partial charge in [-0.05, 0) is 48.0 Å². The normalized spacial score (nSPS) is 14.6. The number of aromatic hydroxyl groups is 1. The first-order valence-corrected chi connectivity index (χ1v) is 9.70. The molecule has 0 radical (unpaired) electrons. The smallest absolute Gasteiger partial charge is 0.416 e. The van der Waals surface area contributed by atoms with Crippen LogP contribution in [0.25, 0.3) is 11.1 Å². The molecule has 0 aromatic heterocycles. The minimum absolute atomic E-state index is 0.0478. The molecule has 0 aliphatic carbocycles. The van der Waals surface area contributed by atoms with E-state index in [-0.39, 0.29) is 28.4 Å². The topological polar surface area (TPSA) is 115 Å². The fourth-order valence-electron chi connectivity index (χ4n) is 3.19. The van der Waals surface area contributed by atoms with Gasteiger partial charge in [-0.1, -0.05) is 24.3 Å². The van der Waals surface area contributed by atoms with Crippen LogP contribution in [0.3, 0.4) is 0 Å². The number of hydrogen-bond acceptors (Lipinski definition) is 6. The number of alkyl halides is 3. The first-order chi connectivity index (χ1) is 16.1. The molecule has 1 aliphatic rings. The third-order valence-corrected chi connectivity index (χ3v) is 4.90. The second-order valence-corrected chi connectivity index (χ2v) is 7.10. The second kappa shape index (κ2) is 8.70. The van der Waals surface area contributed by atoms with Crippen LogP contribution in [-0.4, -0.2) is 34.0 Å². The summed E-state index contributed by atoms with van der Waals surface area (Å²) in [5.74, 6) is -2.02. The maximum Gasteiger partial charge on any atom is 0.416 e.